The molecule has 1 atom stereocenters. The van der Waals surface area contributed by atoms with E-state index in [9.17, 15) is 13.6 Å². The van der Waals surface area contributed by atoms with E-state index >= 15 is 0 Å². The monoisotopic (exact) mass is 637 g/mol. The predicted octanol–water partition coefficient (Wildman–Crippen LogP) is 5.58. The van der Waals surface area contributed by atoms with Gasteiger partial charge in [-0.2, -0.15) is 8.75 Å². The highest BCUT2D eigenvalue weighted by Crippen LogP contribution is 2.33. The van der Waals surface area contributed by atoms with Gasteiger partial charge in [-0.1, -0.05) is 82.7 Å². The van der Waals surface area contributed by atoms with Gasteiger partial charge in [0.15, 0.2) is 5.82 Å². The van der Waals surface area contributed by atoms with Crippen LogP contribution in [0.2, 0.25) is 5.02 Å². The lowest BCUT2D eigenvalue weighted by atomic mass is 10.1. The predicted molar refractivity (Wildman–Crippen MR) is 147 cm³/mol. The molecule has 3 aromatic carbocycles. The Bertz CT molecular complexity index is 1340. The van der Waals surface area contributed by atoms with Gasteiger partial charge in [0.1, 0.15) is 5.69 Å². The number of hydrogen-bond acceptors (Lipinski definition) is 6. The van der Waals surface area contributed by atoms with Crippen LogP contribution in [0, 0.1) is 0 Å². The Labute approximate surface area is 228 Å². The number of benzene rings is 3. The standard InChI is InChI=1S/C24H20ClIN4O3S2/c25-19-9-6-17(7-10-19)15-27-24(31)20-11-8-18(14-26)13-22(20)30(35(32)33)23-21(28-34-29-23)12-16-4-2-1-3-5-16/h1-11,13H,12,14-15H2,(H,27,31)(H,32,33)/p-1. The summed E-state index contributed by atoms with van der Waals surface area (Å²) in [5.74, 6) is -0.220. The summed E-state index contributed by atoms with van der Waals surface area (Å²) in [5, 5.41) is 3.47. The Morgan fingerprint density at radius 2 is 1.74 bits per heavy atom. The molecule has 0 bridgehead atoms. The molecule has 0 fully saturated rings. The highest BCUT2D eigenvalue weighted by atomic mass is 127. The van der Waals surface area contributed by atoms with Gasteiger partial charge in [-0.05, 0) is 41.0 Å². The number of hydrogen-bond donors (Lipinski definition) is 1. The SMILES string of the molecule is O=C(NCc1ccc(Cl)cc1)c1ccc(CI)cc1N(c1nsnc1Cc1ccccc1)S(=O)[O-]. The fourth-order valence-electron chi connectivity index (χ4n) is 3.42. The zero-order valence-electron chi connectivity index (χ0n) is 18.2. The summed E-state index contributed by atoms with van der Waals surface area (Å²) >= 11 is 6.32. The quantitative estimate of drug-likeness (QED) is 0.147. The van der Waals surface area contributed by atoms with Crippen LogP contribution in [0.25, 0.3) is 0 Å². The second-order valence-electron chi connectivity index (χ2n) is 7.50. The maximum atomic E-state index is 13.2. The first-order valence-electron chi connectivity index (χ1n) is 10.4. The van der Waals surface area contributed by atoms with Crippen molar-refractivity contribution in [1.82, 2.24) is 14.1 Å². The van der Waals surface area contributed by atoms with Crippen molar-refractivity contribution >= 4 is 74.6 Å². The molecular formula is C24H19ClIN4O3S2-. The maximum absolute atomic E-state index is 13.2. The fraction of sp³-hybridized carbons (Fsp3) is 0.125. The van der Waals surface area contributed by atoms with Crippen LogP contribution >= 0.6 is 45.9 Å². The van der Waals surface area contributed by atoms with Crippen molar-refractivity contribution in [1.29, 1.82) is 0 Å². The minimum absolute atomic E-state index is 0.185. The number of nitrogens with zero attached hydrogens (tertiary/aromatic N) is 3. The van der Waals surface area contributed by atoms with Crippen LogP contribution in [0.4, 0.5) is 11.5 Å². The number of aromatic nitrogens is 2. The second-order valence-corrected chi connectivity index (χ2v) is 10.0. The summed E-state index contributed by atoms with van der Waals surface area (Å²) in [7, 11) is 0. The van der Waals surface area contributed by atoms with E-state index in [-0.39, 0.29) is 23.6 Å². The molecule has 0 aliphatic heterocycles. The number of alkyl halides is 1. The van der Waals surface area contributed by atoms with Crippen LogP contribution < -0.4 is 9.62 Å². The van der Waals surface area contributed by atoms with Crippen molar-refractivity contribution in [3.63, 3.8) is 0 Å². The van der Waals surface area contributed by atoms with Gasteiger partial charge in [0.25, 0.3) is 5.91 Å². The van der Waals surface area contributed by atoms with E-state index in [1.807, 2.05) is 48.5 Å². The molecule has 0 aliphatic carbocycles. The van der Waals surface area contributed by atoms with E-state index in [1.54, 1.807) is 24.3 Å². The van der Waals surface area contributed by atoms with Gasteiger partial charge in [-0.25, -0.2) is 0 Å². The van der Waals surface area contributed by atoms with Gasteiger partial charge in [-0.3, -0.25) is 13.3 Å². The van der Waals surface area contributed by atoms with Crippen molar-refractivity contribution in [2.24, 2.45) is 0 Å². The Balaban J connectivity index is 1.68. The Kier molecular flexibility index (Phi) is 8.84. The molecule has 4 aromatic rings. The molecule has 0 saturated heterocycles. The van der Waals surface area contributed by atoms with E-state index < -0.39 is 17.2 Å². The number of carbonyl (C=O) groups is 1. The molecule has 1 N–H and O–H groups in total. The summed E-state index contributed by atoms with van der Waals surface area (Å²) in [5.41, 5.74) is 3.67. The maximum Gasteiger partial charge on any atom is 0.253 e. The molecule has 180 valence electrons. The minimum atomic E-state index is -2.74. The first-order valence-corrected chi connectivity index (χ1v) is 14.1. The van der Waals surface area contributed by atoms with Crippen LogP contribution in [0.15, 0.2) is 72.8 Å². The third kappa shape index (κ3) is 6.44. The van der Waals surface area contributed by atoms with Gasteiger partial charge in [-0.15, -0.1) is 0 Å². The molecule has 1 unspecified atom stereocenters. The third-order valence-electron chi connectivity index (χ3n) is 5.14. The topological polar surface area (TPSA) is 98.2 Å². The summed E-state index contributed by atoms with van der Waals surface area (Å²) in [6, 6.07) is 21.9. The molecule has 1 amide bonds. The van der Waals surface area contributed by atoms with Crippen molar-refractivity contribution in [2.75, 3.05) is 4.31 Å². The Hall–Kier alpha value is -2.38. The Morgan fingerprint density at radius 1 is 1.03 bits per heavy atom. The van der Waals surface area contributed by atoms with Gasteiger partial charge in [0, 0.05) is 22.4 Å². The summed E-state index contributed by atoms with van der Waals surface area (Å²) < 4.78 is 35.3. The number of halogens is 2. The highest BCUT2D eigenvalue weighted by Gasteiger charge is 2.24. The lowest BCUT2D eigenvalue weighted by molar-refractivity contribution is 0.0951. The van der Waals surface area contributed by atoms with Crippen molar-refractivity contribution in [3.05, 3.63) is 106 Å². The van der Waals surface area contributed by atoms with Crippen LogP contribution in [-0.2, 0) is 28.7 Å². The number of amides is 1. The van der Waals surface area contributed by atoms with Crippen LogP contribution in [-0.4, -0.2) is 23.4 Å². The lowest BCUT2D eigenvalue weighted by Gasteiger charge is -2.27. The van der Waals surface area contributed by atoms with E-state index in [2.05, 4.69) is 36.7 Å². The van der Waals surface area contributed by atoms with Crippen molar-refractivity contribution in [3.8, 4) is 0 Å². The van der Waals surface area contributed by atoms with Gasteiger partial charge in [0.2, 0.25) is 0 Å². The minimum Gasteiger partial charge on any atom is -0.755 e. The molecule has 1 heterocycles. The normalized spacial score (nSPS) is 11.7. The number of carbonyl (C=O) groups excluding carboxylic acids is 1. The van der Waals surface area contributed by atoms with Crippen molar-refractivity contribution in [2.45, 2.75) is 17.4 Å². The molecule has 11 heteroatoms. The lowest BCUT2D eigenvalue weighted by Crippen LogP contribution is -2.28. The van der Waals surface area contributed by atoms with Gasteiger partial charge >= 0.3 is 0 Å². The number of anilines is 2. The van der Waals surface area contributed by atoms with Gasteiger partial charge < -0.3 is 9.87 Å². The summed E-state index contributed by atoms with van der Waals surface area (Å²) in [6.45, 7) is 0.265. The molecule has 0 spiro atoms. The average molecular weight is 638 g/mol. The largest absolute Gasteiger partial charge is 0.755 e. The summed E-state index contributed by atoms with van der Waals surface area (Å²) in [6.07, 6.45) is 0.407. The van der Waals surface area contributed by atoms with Gasteiger partial charge in [0.05, 0.1) is 34.2 Å². The zero-order chi connectivity index (χ0) is 24.8. The van der Waals surface area contributed by atoms with Crippen molar-refractivity contribution < 1.29 is 13.6 Å². The fourth-order valence-corrected chi connectivity index (χ4v) is 5.22. The Morgan fingerprint density at radius 3 is 2.43 bits per heavy atom. The smallest absolute Gasteiger partial charge is 0.253 e. The number of nitrogens with one attached hydrogen (secondary N) is 1. The molecular weight excluding hydrogens is 619 g/mol. The number of rotatable bonds is 9. The zero-order valence-corrected chi connectivity index (χ0v) is 22.7. The van der Waals surface area contributed by atoms with E-state index in [1.165, 1.54) is 0 Å². The van der Waals surface area contributed by atoms with Crippen LogP contribution in [0.5, 0.6) is 0 Å². The molecule has 1 aromatic heterocycles. The van der Waals surface area contributed by atoms with Crippen LogP contribution in [0.3, 0.4) is 0 Å². The molecule has 4 rings (SSSR count). The molecule has 7 nitrogen and oxygen atoms in total. The van der Waals surface area contributed by atoms with E-state index in [0.717, 1.165) is 32.7 Å². The third-order valence-corrected chi connectivity index (χ3v) is 7.50. The van der Waals surface area contributed by atoms with E-state index in [4.69, 9.17) is 11.6 Å². The average Bonchev–Trinajstić information content (AvgIpc) is 3.31. The second kappa shape index (κ2) is 12.0. The molecule has 0 saturated carbocycles. The molecule has 35 heavy (non-hydrogen) atoms. The summed E-state index contributed by atoms with van der Waals surface area (Å²) in [4.78, 5) is 13.2. The molecule has 0 radical (unpaired) electrons. The van der Waals surface area contributed by atoms with Crippen LogP contribution in [0.1, 0.15) is 32.7 Å². The molecule has 0 aliphatic rings. The first kappa shape index (κ1) is 25.7. The highest BCUT2D eigenvalue weighted by molar-refractivity contribution is 14.1. The van der Waals surface area contributed by atoms with E-state index in [0.29, 0.717) is 21.6 Å². The first-order chi connectivity index (χ1) is 17.0.